The third-order valence-electron chi connectivity index (χ3n) is 3.07. The average Bonchev–Trinajstić information content (AvgIpc) is 2.38. The zero-order chi connectivity index (χ0) is 12.1. The van der Waals surface area contributed by atoms with Gasteiger partial charge in [-0.2, -0.15) is 0 Å². The Bertz CT molecular complexity index is 361. The van der Waals surface area contributed by atoms with Crippen molar-refractivity contribution in [3.8, 4) is 0 Å². The molecular weight excluding hydrogens is 216 g/mol. The van der Waals surface area contributed by atoms with Crippen molar-refractivity contribution in [2.75, 3.05) is 13.1 Å². The van der Waals surface area contributed by atoms with Crippen LogP contribution in [0.5, 0.6) is 0 Å². The molecule has 0 atom stereocenters. The number of carbonyl (C=O) groups is 1. The van der Waals surface area contributed by atoms with Crippen LogP contribution in [0.25, 0.3) is 0 Å². The van der Waals surface area contributed by atoms with E-state index in [4.69, 9.17) is 5.11 Å². The maximum Gasteiger partial charge on any atom is 0.405 e. The lowest BCUT2D eigenvalue weighted by molar-refractivity contribution is 0.192. The molecule has 0 saturated carbocycles. The van der Waals surface area contributed by atoms with Crippen LogP contribution in [0.4, 0.5) is 4.79 Å². The lowest BCUT2D eigenvalue weighted by Crippen LogP contribution is -2.38. The molecule has 1 aromatic carbocycles. The molecule has 3 N–H and O–H groups in total. The van der Waals surface area contributed by atoms with Gasteiger partial charge in [0.05, 0.1) is 6.04 Å². The van der Waals surface area contributed by atoms with Crippen LogP contribution < -0.4 is 10.6 Å². The standard InChI is InChI=1S/C13H17N2O2/c16-13(17)15-12(10-4-2-1-3-5-10)11-6-8-14-9-7-11/h1-5,11,14-15H,6-9H2,(H,16,17). The van der Waals surface area contributed by atoms with Gasteiger partial charge in [0, 0.05) is 0 Å². The second kappa shape index (κ2) is 5.68. The normalized spacial score (nSPS) is 17.0. The minimum atomic E-state index is -0.984. The second-order valence-corrected chi connectivity index (χ2v) is 4.23. The topological polar surface area (TPSA) is 61.4 Å². The Hall–Kier alpha value is -1.55. The van der Waals surface area contributed by atoms with Crippen molar-refractivity contribution in [3.63, 3.8) is 0 Å². The molecule has 17 heavy (non-hydrogen) atoms. The smallest absolute Gasteiger partial charge is 0.405 e. The summed E-state index contributed by atoms with van der Waals surface area (Å²) in [4.78, 5) is 10.9. The van der Waals surface area contributed by atoms with Crippen molar-refractivity contribution in [2.24, 2.45) is 5.92 Å². The molecule has 0 unspecified atom stereocenters. The first-order valence-electron chi connectivity index (χ1n) is 5.90. The number of carboxylic acid groups (broad SMARTS) is 1. The van der Waals surface area contributed by atoms with E-state index in [-0.39, 0.29) is 0 Å². The Morgan fingerprint density at radius 1 is 1.24 bits per heavy atom. The van der Waals surface area contributed by atoms with Gasteiger partial charge in [-0.1, -0.05) is 30.3 Å². The molecular formula is C13H17N2O2. The zero-order valence-corrected chi connectivity index (χ0v) is 9.65. The number of rotatable bonds is 3. The zero-order valence-electron chi connectivity index (χ0n) is 9.65. The number of amides is 1. The summed E-state index contributed by atoms with van der Waals surface area (Å²) in [6.07, 6.45) is 0.969. The van der Waals surface area contributed by atoms with Gasteiger partial charge in [-0.25, -0.2) is 4.79 Å². The molecule has 4 heteroatoms. The molecule has 4 nitrogen and oxygen atoms in total. The summed E-state index contributed by atoms with van der Waals surface area (Å²) in [5.74, 6) is 0.301. The molecule has 2 rings (SSSR count). The second-order valence-electron chi connectivity index (χ2n) is 4.23. The van der Waals surface area contributed by atoms with Crippen molar-refractivity contribution in [3.05, 3.63) is 41.9 Å². The van der Waals surface area contributed by atoms with E-state index < -0.39 is 6.09 Å². The van der Waals surface area contributed by atoms with Crippen LogP contribution in [0.2, 0.25) is 0 Å². The quantitative estimate of drug-likeness (QED) is 0.746. The van der Waals surface area contributed by atoms with Gasteiger partial charge in [0.1, 0.15) is 0 Å². The highest BCUT2D eigenvalue weighted by atomic mass is 16.4. The van der Waals surface area contributed by atoms with Gasteiger partial charge >= 0.3 is 6.09 Å². The van der Waals surface area contributed by atoms with E-state index in [0.29, 0.717) is 5.92 Å². The lowest BCUT2D eigenvalue weighted by Gasteiger charge is -2.30. The fourth-order valence-corrected chi connectivity index (χ4v) is 2.25. The number of hydrogen-bond donors (Lipinski definition) is 3. The van der Waals surface area contributed by atoms with Gasteiger partial charge in [-0.15, -0.1) is 0 Å². The van der Waals surface area contributed by atoms with Crippen LogP contribution in [0.15, 0.2) is 30.3 Å². The molecule has 91 valence electrons. The van der Waals surface area contributed by atoms with Crippen molar-refractivity contribution >= 4 is 6.09 Å². The number of nitrogens with one attached hydrogen (secondary N) is 2. The minimum Gasteiger partial charge on any atom is -0.465 e. The molecule has 0 aliphatic carbocycles. The van der Waals surface area contributed by atoms with Crippen molar-refractivity contribution < 1.29 is 9.90 Å². The van der Waals surface area contributed by atoms with E-state index in [2.05, 4.69) is 10.6 Å². The highest BCUT2D eigenvalue weighted by Gasteiger charge is 2.27. The predicted molar refractivity (Wildman–Crippen MR) is 65.5 cm³/mol. The molecule has 1 aromatic rings. The van der Waals surface area contributed by atoms with Gasteiger partial charge in [-0.3, -0.25) is 0 Å². The highest BCUT2D eigenvalue weighted by Crippen LogP contribution is 2.27. The van der Waals surface area contributed by atoms with Crippen LogP contribution in [0.3, 0.4) is 0 Å². The maximum atomic E-state index is 10.9. The SMILES string of the molecule is O=C(O)N[C](c1ccccc1)C1CCNCC1. The van der Waals surface area contributed by atoms with Crippen LogP contribution >= 0.6 is 0 Å². The Kier molecular flexibility index (Phi) is 3.98. The largest absolute Gasteiger partial charge is 0.465 e. The summed E-state index contributed by atoms with van der Waals surface area (Å²) in [6.45, 7) is 1.89. The highest BCUT2D eigenvalue weighted by molar-refractivity contribution is 5.67. The Balaban J connectivity index is 2.15. The van der Waals surface area contributed by atoms with Gasteiger partial charge in [0.2, 0.25) is 0 Å². The molecule has 1 aliphatic heterocycles. The van der Waals surface area contributed by atoms with E-state index >= 15 is 0 Å². The Morgan fingerprint density at radius 3 is 2.47 bits per heavy atom. The van der Waals surface area contributed by atoms with Crippen LogP contribution in [-0.2, 0) is 0 Å². The van der Waals surface area contributed by atoms with Gasteiger partial charge in [-0.05, 0) is 37.4 Å². The first-order valence-corrected chi connectivity index (χ1v) is 5.90. The maximum absolute atomic E-state index is 10.9. The third kappa shape index (κ3) is 3.20. The molecule has 0 bridgehead atoms. The summed E-state index contributed by atoms with van der Waals surface area (Å²) >= 11 is 0. The summed E-state index contributed by atoms with van der Waals surface area (Å²) in [7, 11) is 0. The van der Waals surface area contributed by atoms with Crippen molar-refractivity contribution in [1.29, 1.82) is 0 Å². The van der Waals surface area contributed by atoms with Crippen LogP contribution in [0.1, 0.15) is 18.4 Å². The average molecular weight is 233 g/mol. The van der Waals surface area contributed by atoms with Crippen LogP contribution in [-0.4, -0.2) is 24.3 Å². The van der Waals surface area contributed by atoms with Crippen LogP contribution in [0, 0.1) is 12.0 Å². The van der Waals surface area contributed by atoms with Crippen molar-refractivity contribution in [2.45, 2.75) is 12.8 Å². The summed E-state index contributed by atoms with van der Waals surface area (Å²) in [5.41, 5.74) is 0.974. The molecule has 1 heterocycles. The summed E-state index contributed by atoms with van der Waals surface area (Å²) < 4.78 is 0. The molecule has 1 aliphatic rings. The lowest BCUT2D eigenvalue weighted by atomic mass is 9.86. The minimum absolute atomic E-state index is 0.301. The first kappa shape index (κ1) is 11.9. The molecule has 1 amide bonds. The predicted octanol–water partition coefficient (Wildman–Crippen LogP) is 1.83. The summed E-state index contributed by atoms with van der Waals surface area (Å²) in [6, 6.07) is 10.5. The van der Waals surface area contributed by atoms with Gasteiger partial charge in [0.15, 0.2) is 0 Å². The fourth-order valence-electron chi connectivity index (χ4n) is 2.25. The van der Waals surface area contributed by atoms with Crippen molar-refractivity contribution in [1.82, 2.24) is 10.6 Å². The molecule has 1 saturated heterocycles. The monoisotopic (exact) mass is 233 g/mol. The van der Waals surface area contributed by atoms with E-state index in [1.165, 1.54) is 0 Å². The number of benzene rings is 1. The third-order valence-corrected chi connectivity index (χ3v) is 3.07. The molecule has 0 spiro atoms. The molecule has 1 radical (unpaired) electrons. The first-order chi connectivity index (χ1) is 8.27. The fraction of sp³-hybridized carbons (Fsp3) is 0.385. The Labute approximate surface area is 101 Å². The van der Waals surface area contributed by atoms with E-state index in [1.807, 2.05) is 30.3 Å². The van der Waals surface area contributed by atoms with E-state index in [0.717, 1.165) is 37.5 Å². The van der Waals surface area contributed by atoms with E-state index in [1.54, 1.807) is 0 Å². The molecule has 1 fully saturated rings. The van der Waals surface area contributed by atoms with Gasteiger partial charge in [0.25, 0.3) is 0 Å². The molecule has 0 aromatic heterocycles. The number of hydrogen-bond acceptors (Lipinski definition) is 2. The number of piperidine rings is 1. The summed E-state index contributed by atoms with van der Waals surface area (Å²) in [5, 5.41) is 14.8. The Morgan fingerprint density at radius 2 is 1.88 bits per heavy atom. The van der Waals surface area contributed by atoms with E-state index in [9.17, 15) is 4.79 Å². The van der Waals surface area contributed by atoms with Gasteiger partial charge < -0.3 is 15.7 Å².